The molecule has 2 aliphatic rings. The van der Waals surface area contributed by atoms with Crippen LogP contribution in [0.15, 0.2) is 76.8 Å². The predicted octanol–water partition coefficient (Wildman–Crippen LogP) is 3.28. The maximum absolute atomic E-state index is 13.3. The van der Waals surface area contributed by atoms with Crippen LogP contribution in [-0.2, 0) is 24.2 Å². The number of hydrogen-bond donors (Lipinski definition) is 0. The first kappa shape index (κ1) is 20.1. The average Bonchev–Trinajstić information content (AvgIpc) is 3.07. The fourth-order valence-corrected chi connectivity index (χ4v) is 5.54. The van der Waals surface area contributed by atoms with Gasteiger partial charge in [-0.3, -0.25) is 9.69 Å². The van der Waals surface area contributed by atoms with Crippen LogP contribution in [0.2, 0.25) is 0 Å². The van der Waals surface area contributed by atoms with Gasteiger partial charge in [0.05, 0.1) is 23.6 Å². The Morgan fingerprint density at radius 1 is 1.00 bits per heavy atom. The first-order valence-electron chi connectivity index (χ1n) is 9.47. The van der Waals surface area contributed by atoms with Crippen molar-refractivity contribution < 1.29 is 22.7 Å². The second-order valence-electron chi connectivity index (χ2n) is 7.37. The molecule has 1 amide bonds. The minimum absolute atomic E-state index is 0.152. The molecule has 2 aromatic carbocycles. The number of benzene rings is 2. The zero-order valence-electron chi connectivity index (χ0n) is 16.8. The third-order valence-corrected chi connectivity index (χ3v) is 7.39. The van der Waals surface area contributed by atoms with Crippen LogP contribution in [-0.4, -0.2) is 32.7 Å². The maximum Gasteiger partial charge on any atom is 0.334 e. The van der Waals surface area contributed by atoms with Crippen LogP contribution in [0.3, 0.4) is 0 Å². The molecule has 1 aliphatic carbocycles. The van der Waals surface area contributed by atoms with Gasteiger partial charge in [-0.25, -0.2) is 13.2 Å². The standard InChI is InChI=1S/C23H21NO5S/c1-14-8-10-16(11-9-14)30(27,28)17-12-19(23(26)29-3)22-18-6-4-5-7-20(18)24(15(2)25)21(22)13-17/h4-13,17,22H,1-3H3. The lowest BCUT2D eigenvalue weighted by atomic mass is 9.86. The number of amides is 1. The number of rotatable bonds is 3. The molecule has 154 valence electrons. The van der Waals surface area contributed by atoms with E-state index in [4.69, 9.17) is 4.74 Å². The van der Waals surface area contributed by atoms with Gasteiger partial charge in [-0.1, -0.05) is 42.0 Å². The summed E-state index contributed by atoms with van der Waals surface area (Å²) in [6.07, 6.45) is 3.00. The number of esters is 1. The normalized spacial score (nSPS) is 20.0. The molecule has 0 saturated heterocycles. The van der Waals surface area contributed by atoms with Gasteiger partial charge in [0, 0.05) is 18.2 Å². The van der Waals surface area contributed by atoms with Crippen LogP contribution in [0.1, 0.15) is 24.0 Å². The Balaban J connectivity index is 1.91. The summed E-state index contributed by atoms with van der Waals surface area (Å²) in [4.78, 5) is 26.7. The van der Waals surface area contributed by atoms with Gasteiger partial charge in [-0.15, -0.1) is 0 Å². The Labute approximate surface area is 175 Å². The molecule has 0 N–H and O–H groups in total. The van der Waals surface area contributed by atoms with Crippen LogP contribution in [0.4, 0.5) is 5.69 Å². The minimum atomic E-state index is -3.83. The highest BCUT2D eigenvalue weighted by Crippen LogP contribution is 2.50. The van der Waals surface area contributed by atoms with Gasteiger partial charge in [-0.05, 0) is 36.8 Å². The van der Waals surface area contributed by atoms with Crippen LogP contribution >= 0.6 is 0 Å². The van der Waals surface area contributed by atoms with Crippen molar-refractivity contribution in [3.8, 4) is 0 Å². The number of hydrogen-bond acceptors (Lipinski definition) is 5. The van der Waals surface area contributed by atoms with Crippen molar-refractivity contribution in [2.45, 2.75) is 29.9 Å². The monoisotopic (exact) mass is 423 g/mol. The van der Waals surface area contributed by atoms with E-state index in [1.54, 1.807) is 42.5 Å². The quantitative estimate of drug-likeness (QED) is 0.708. The number of allylic oxidation sites excluding steroid dienone is 1. The molecule has 0 spiro atoms. The molecule has 0 saturated carbocycles. The molecule has 30 heavy (non-hydrogen) atoms. The summed E-state index contributed by atoms with van der Waals surface area (Å²) in [5, 5.41) is -1.10. The zero-order chi connectivity index (χ0) is 21.6. The Morgan fingerprint density at radius 2 is 1.67 bits per heavy atom. The van der Waals surface area contributed by atoms with Crippen LogP contribution in [0.25, 0.3) is 0 Å². The number of para-hydroxylation sites is 1. The van der Waals surface area contributed by atoms with E-state index in [-0.39, 0.29) is 16.4 Å². The van der Waals surface area contributed by atoms with Gasteiger partial charge in [-0.2, -0.15) is 0 Å². The van der Waals surface area contributed by atoms with Crippen molar-refractivity contribution in [3.05, 3.63) is 83.1 Å². The number of nitrogens with zero attached hydrogens (tertiary/aromatic N) is 1. The topological polar surface area (TPSA) is 80.8 Å². The first-order chi connectivity index (χ1) is 14.3. The molecular formula is C23H21NO5S. The van der Waals surface area contributed by atoms with Gasteiger partial charge in [0.15, 0.2) is 9.84 Å². The van der Waals surface area contributed by atoms with E-state index in [1.807, 2.05) is 19.1 Å². The van der Waals surface area contributed by atoms with E-state index in [0.29, 0.717) is 11.4 Å². The van der Waals surface area contributed by atoms with Gasteiger partial charge in [0.25, 0.3) is 0 Å². The largest absolute Gasteiger partial charge is 0.466 e. The SMILES string of the molecule is COC(=O)C1=CC(S(=O)(=O)c2ccc(C)cc2)C=C2C1c1ccccc1N2C(C)=O. The number of fused-ring (bicyclic) bond motifs is 3. The van der Waals surface area contributed by atoms with Crippen molar-refractivity contribution in [1.82, 2.24) is 0 Å². The summed E-state index contributed by atoms with van der Waals surface area (Å²) in [6, 6.07) is 13.8. The second-order valence-corrected chi connectivity index (χ2v) is 9.48. The minimum Gasteiger partial charge on any atom is -0.466 e. The third-order valence-electron chi connectivity index (χ3n) is 5.48. The highest BCUT2D eigenvalue weighted by atomic mass is 32.2. The van der Waals surface area contributed by atoms with Crippen LogP contribution in [0.5, 0.6) is 0 Å². The summed E-state index contributed by atoms with van der Waals surface area (Å²) in [5.41, 5.74) is 3.03. The van der Waals surface area contributed by atoms with Crippen LogP contribution < -0.4 is 4.90 Å². The zero-order valence-corrected chi connectivity index (χ0v) is 17.6. The number of methoxy groups -OCH3 is 1. The van der Waals surface area contributed by atoms with E-state index >= 15 is 0 Å². The van der Waals surface area contributed by atoms with Gasteiger partial charge in [0.1, 0.15) is 5.25 Å². The van der Waals surface area contributed by atoms with Crippen molar-refractivity contribution in [3.63, 3.8) is 0 Å². The molecule has 1 heterocycles. The lowest BCUT2D eigenvalue weighted by Crippen LogP contribution is -2.32. The number of carbonyl (C=O) groups is 2. The number of sulfone groups is 1. The lowest BCUT2D eigenvalue weighted by molar-refractivity contribution is -0.136. The molecule has 4 rings (SSSR count). The summed E-state index contributed by atoms with van der Waals surface area (Å²) in [7, 11) is -2.57. The molecule has 0 bridgehead atoms. The molecule has 2 unspecified atom stereocenters. The molecule has 0 aromatic heterocycles. The van der Waals surface area contributed by atoms with E-state index in [2.05, 4.69) is 0 Å². The summed E-state index contributed by atoms with van der Waals surface area (Å²) in [5.74, 6) is -1.43. The molecule has 6 nitrogen and oxygen atoms in total. The number of ether oxygens (including phenoxy) is 1. The molecule has 1 aliphatic heterocycles. The molecule has 0 radical (unpaired) electrons. The fourth-order valence-electron chi connectivity index (χ4n) is 4.07. The van der Waals surface area contributed by atoms with Crippen molar-refractivity contribution in [1.29, 1.82) is 0 Å². The Bertz CT molecular complexity index is 1210. The first-order valence-corrected chi connectivity index (χ1v) is 11.0. The number of aryl methyl sites for hydroxylation is 1. The molecule has 7 heteroatoms. The van der Waals surface area contributed by atoms with E-state index in [9.17, 15) is 18.0 Å². The lowest BCUT2D eigenvalue weighted by Gasteiger charge is -2.27. The van der Waals surface area contributed by atoms with Gasteiger partial charge >= 0.3 is 5.97 Å². The highest BCUT2D eigenvalue weighted by molar-refractivity contribution is 7.92. The molecule has 0 fully saturated rings. The number of anilines is 1. The second kappa shape index (κ2) is 7.25. The van der Waals surface area contributed by atoms with Gasteiger partial charge < -0.3 is 4.74 Å². The summed E-state index contributed by atoms with van der Waals surface area (Å²) in [6.45, 7) is 3.29. The predicted molar refractivity (Wildman–Crippen MR) is 113 cm³/mol. The van der Waals surface area contributed by atoms with Crippen molar-refractivity contribution in [2.75, 3.05) is 12.0 Å². The molecule has 2 atom stereocenters. The highest BCUT2D eigenvalue weighted by Gasteiger charge is 2.44. The van der Waals surface area contributed by atoms with Crippen molar-refractivity contribution >= 4 is 27.4 Å². The fraction of sp³-hybridized carbons (Fsp3) is 0.217. The smallest absolute Gasteiger partial charge is 0.334 e. The van der Waals surface area contributed by atoms with Crippen LogP contribution in [0, 0.1) is 6.92 Å². The molecular weight excluding hydrogens is 402 g/mol. The number of carbonyl (C=O) groups excluding carboxylic acids is 2. The Hall–Kier alpha value is -3.19. The van der Waals surface area contributed by atoms with Crippen molar-refractivity contribution in [2.24, 2.45) is 0 Å². The van der Waals surface area contributed by atoms with E-state index in [0.717, 1.165) is 11.1 Å². The van der Waals surface area contributed by atoms with E-state index in [1.165, 1.54) is 25.0 Å². The van der Waals surface area contributed by atoms with E-state index < -0.39 is 27.0 Å². The summed E-state index contributed by atoms with van der Waals surface area (Å²) >= 11 is 0. The molecule has 2 aromatic rings. The third kappa shape index (κ3) is 3.06. The maximum atomic E-state index is 13.3. The Kier molecular flexibility index (Phi) is 4.86. The van der Waals surface area contributed by atoms with Gasteiger partial charge in [0.2, 0.25) is 5.91 Å². The Morgan fingerprint density at radius 3 is 2.30 bits per heavy atom. The summed E-state index contributed by atoms with van der Waals surface area (Å²) < 4.78 is 31.7. The average molecular weight is 423 g/mol.